The lowest BCUT2D eigenvalue weighted by molar-refractivity contribution is 0.274. The molecule has 20 heavy (non-hydrogen) atoms. The topological polar surface area (TPSA) is 57.6 Å². The number of aliphatic hydroxyl groups is 1. The van der Waals surface area contributed by atoms with Gasteiger partial charge in [-0.25, -0.2) is 12.8 Å². The highest BCUT2D eigenvalue weighted by atomic mass is 79.9. The van der Waals surface area contributed by atoms with E-state index in [2.05, 4.69) is 22.5 Å². The van der Waals surface area contributed by atoms with Gasteiger partial charge < -0.3 is 5.11 Å². The van der Waals surface area contributed by atoms with Crippen LogP contribution in [0.4, 0.5) is 4.39 Å². The van der Waals surface area contributed by atoms with E-state index in [0.29, 0.717) is 4.47 Å². The average molecular weight is 366 g/mol. The molecule has 112 valence electrons. The normalized spacial score (nSPS) is 12.2. The van der Waals surface area contributed by atoms with Gasteiger partial charge in [0.2, 0.25) is 10.0 Å². The number of hydrogen-bond donors (Lipinski definition) is 1. The molecule has 0 bridgehead atoms. The fraction of sp³-hybridized carbons (Fsp3) is 0.385. The third-order valence-corrected chi connectivity index (χ3v) is 5.22. The van der Waals surface area contributed by atoms with Crippen LogP contribution in [0.5, 0.6) is 0 Å². The summed E-state index contributed by atoms with van der Waals surface area (Å²) < 4.78 is 40.8. The molecule has 0 unspecified atom stereocenters. The molecule has 0 amide bonds. The van der Waals surface area contributed by atoms with E-state index in [1.807, 2.05) is 0 Å². The molecule has 0 atom stereocenters. The van der Waals surface area contributed by atoms with Crippen molar-refractivity contribution < 1.29 is 17.9 Å². The van der Waals surface area contributed by atoms with E-state index in [-0.39, 0.29) is 18.2 Å². The molecule has 0 aromatic heterocycles. The van der Waals surface area contributed by atoms with Gasteiger partial charge in [0.05, 0.1) is 6.61 Å². The molecule has 0 aliphatic heterocycles. The van der Waals surface area contributed by atoms with Crippen LogP contribution >= 0.6 is 15.9 Å². The molecule has 7 heteroatoms. The van der Waals surface area contributed by atoms with Crippen molar-refractivity contribution in [2.24, 2.45) is 0 Å². The van der Waals surface area contributed by atoms with Crippen LogP contribution < -0.4 is 0 Å². The number of aliphatic hydroxyl groups excluding tert-OH is 1. The molecule has 0 aliphatic rings. The molecule has 1 aromatic rings. The Morgan fingerprint density at radius 2 is 2.10 bits per heavy atom. The van der Waals surface area contributed by atoms with Crippen LogP contribution in [0.1, 0.15) is 19.4 Å². The van der Waals surface area contributed by atoms with E-state index in [1.165, 1.54) is 18.2 Å². The van der Waals surface area contributed by atoms with Crippen molar-refractivity contribution in [2.75, 3.05) is 6.54 Å². The highest BCUT2D eigenvalue weighted by Crippen LogP contribution is 2.27. The third kappa shape index (κ3) is 3.46. The standard InChI is InChI=1S/C13H17BrFNO3S/c1-4-5-16(9(2)3)20(18,19)12-7-11(14)6-10(8-17)13(12)15/h4,6-7,9,17H,1,5,8H2,2-3H3. The lowest BCUT2D eigenvalue weighted by Crippen LogP contribution is -2.37. The van der Waals surface area contributed by atoms with Gasteiger partial charge in [-0.1, -0.05) is 22.0 Å². The van der Waals surface area contributed by atoms with Crippen LogP contribution in [0.3, 0.4) is 0 Å². The van der Waals surface area contributed by atoms with Crippen LogP contribution in [0, 0.1) is 5.82 Å². The Hall–Kier alpha value is -0.760. The first-order chi connectivity index (χ1) is 9.25. The highest BCUT2D eigenvalue weighted by molar-refractivity contribution is 9.10. The summed E-state index contributed by atoms with van der Waals surface area (Å²) in [5, 5.41) is 9.10. The molecule has 0 fully saturated rings. The molecule has 0 spiro atoms. The molecule has 4 nitrogen and oxygen atoms in total. The van der Waals surface area contributed by atoms with Gasteiger partial charge in [0, 0.05) is 22.6 Å². The van der Waals surface area contributed by atoms with Crippen molar-refractivity contribution >= 4 is 26.0 Å². The number of halogens is 2. The fourth-order valence-electron chi connectivity index (χ4n) is 1.76. The maximum absolute atomic E-state index is 14.2. The molecule has 1 N–H and O–H groups in total. The van der Waals surface area contributed by atoms with Gasteiger partial charge >= 0.3 is 0 Å². The van der Waals surface area contributed by atoms with Gasteiger partial charge in [0.25, 0.3) is 0 Å². The number of hydrogen-bond acceptors (Lipinski definition) is 3. The molecular formula is C13H17BrFNO3S. The minimum atomic E-state index is -4.00. The fourth-order valence-corrected chi connectivity index (χ4v) is 4.16. The second-order valence-electron chi connectivity index (χ2n) is 4.49. The van der Waals surface area contributed by atoms with Crippen molar-refractivity contribution in [3.8, 4) is 0 Å². The Bertz CT molecular complexity index is 602. The summed E-state index contributed by atoms with van der Waals surface area (Å²) in [6, 6.07) is 2.21. The monoisotopic (exact) mass is 365 g/mol. The summed E-state index contributed by atoms with van der Waals surface area (Å²) in [7, 11) is -4.00. The second kappa shape index (κ2) is 6.80. The summed E-state index contributed by atoms with van der Waals surface area (Å²) >= 11 is 3.12. The summed E-state index contributed by atoms with van der Waals surface area (Å²) in [5.74, 6) is -0.926. The van der Waals surface area contributed by atoms with Crippen molar-refractivity contribution in [2.45, 2.75) is 31.4 Å². The third-order valence-electron chi connectivity index (χ3n) is 2.72. The molecule has 0 heterocycles. The summed E-state index contributed by atoms with van der Waals surface area (Å²) in [6.45, 7) is 6.42. The SMILES string of the molecule is C=CCN(C(C)C)S(=O)(=O)c1cc(Br)cc(CO)c1F. The predicted octanol–water partition coefficient (Wildman–Crippen LogP) is 2.67. The van der Waals surface area contributed by atoms with Crippen molar-refractivity contribution in [3.05, 3.63) is 40.6 Å². The van der Waals surface area contributed by atoms with Crippen molar-refractivity contribution in [1.29, 1.82) is 0 Å². The molecule has 1 rings (SSSR count). The van der Waals surface area contributed by atoms with Gasteiger partial charge in [0.1, 0.15) is 10.7 Å². The maximum atomic E-state index is 14.2. The van der Waals surface area contributed by atoms with Crippen LogP contribution in [0.15, 0.2) is 34.2 Å². The number of rotatable bonds is 6. The number of nitrogens with zero attached hydrogens (tertiary/aromatic N) is 1. The smallest absolute Gasteiger partial charge is 0.246 e. The summed E-state index contributed by atoms with van der Waals surface area (Å²) in [4.78, 5) is -0.452. The van der Waals surface area contributed by atoms with Gasteiger partial charge in [0.15, 0.2) is 0 Å². The number of sulfonamides is 1. The first kappa shape index (κ1) is 17.3. The molecule has 1 aromatic carbocycles. The summed E-state index contributed by atoms with van der Waals surface area (Å²) in [6.07, 6.45) is 1.44. The molecule has 0 saturated carbocycles. The minimum Gasteiger partial charge on any atom is -0.392 e. The van der Waals surface area contributed by atoms with Crippen LogP contribution in [-0.2, 0) is 16.6 Å². The Kier molecular flexibility index (Phi) is 5.88. The van der Waals surface area contributed by atoms with E-state index in [0.717, 1.165) is 4.31 Å². The largest absolute Gasteiger partial charge is 0.392 e. The van der Waals surface area contributed by atoms with Crippen LogP contribution in [0.2, 0.25) is 0 Å². The van der Waals surface area contributed by atoms with Crippen molar-refractivity contribution in [1.82, 2.24) is 4.31 Å². The Morgan fingerprint density at radius 3 is 2.55 bits per heavy atom. The van der Waals surface area contributed by atoms with Crippen LogP contribution in [0.25, 0.3) is 0 Å². The van der Waals surface area contributed by atoms with Gasteiger partial charge in [-0.3, -0.25) is 0 Å². The average Bonchev–Trinajstić information content (AvgIpc) is 2.37. The highest BCUT2D eigenvalue weighted by Gasteiger charge is 2.30. The first-order valence-electron chi connectivity index (χ1n) is 5.97. The van der Waals surface area contributed by atoms with E-state index < -0.39 is 27.3 Å². The second-order valence-corrected chi connectivity index (χ2v) is 7.27. The van der Waals surface area contributed by atoms with Gasteiger partial charge in [-0.15, -0.1) is 6.58 Å². The zero-order chi connectivity index (χ0) is 15.5. The Labute approximate surface area is 127 Å². The Balaban J connectivity index is 3.48. The van der Waals surface area contributed by atoms with Crippen LogP contribution in [-0.4, -0.2) is 30.4 Å². The first-order valence-corrected chi connectivity index (χ1v) is 8.20. The maximum Gasteiger partial charge on any atom is 0.246 e. The molecule has 0 aliphatic carbocycles. The minimum absolute atomic E-state index is 0.0692. The predicted molar refractivity (Wildman–Crippen MR) is 79.2 cm³/mol. The zero-order valence-electron chi connectivity index (χ0n) is 11.3. The number of benzene rings is 1. The molecular weight excluding hydrogens is 349 g/mol. The van der Waals surface area contributed by atoms with Gasteiger partial charge in [-0.2, -0.15) is 4.31 Å². The lowest BCUT2D eigenvalue weighted by Gasteiger charge is -2.25. The summed E-state index contributed by atoms with van der Waals surface area (Å²) in [5.41, 5.74) is -0.0692. The quantitative estimate of drug-likeness (QED) is 0.788. The van der Waals surface area contributed by atoms with E-state index in [9.17, 15) is 12.8 Å². The Morgan fingerprint density at radius 1 is 1.50 bits per heavy atom. The molecule has 0 radical (unpaired) electrons. The molecule has 0 saturated heterocycles. The zero-order valence-corrected chi connectivity index (χ0v) is 13.7. The van der Waals surface area contributed by atoms with E-state index >= 15 is 0 Å². The van der Waals surface area contributed by atoms with E-state index in [4.69, 9.17) is 5.11 Å². The van der Waals surface area contributed by atoms with Crippen molar-refractivity contribution in [3.63, 3.8) is 0 Å². The van der Waals surface area contributed by atoms with Gasteiger partial charge in [-0.05, 0) is 26.0 Å². The lowest BCUT2D eigenvalue weighted by atomic mass is 10.2. The van der Waals surface area contributed by atoms with E-state index in [1.54, 1.807) is 13.8 Å².